The van der Waals surface area contributed by atoms with Crippen LogP contribution in [0.4, 0.5) is 4.79 Å². The highest BCUT2D eigenvalue weighted by molar-refractivity contribution is 5.89. The summed E-state index contributed by atoms with van der Waals surface area (Å²) in [4.78, 5) is 36.4. The zero-order valence-electron chi connectivity index (χ0n) is 18.2. The van der Waals surface area contributed by atoms with Crippen LogP contribution in [-0.2, 0) is 14.3 Å². The predicted molar refractivity (Wildman–Crippen MR) is 121 cm³/mol. The largest absolute Gasteiger partial charge is 0.481 e. The summed E-state index contributed by atoms with van der Waals surface area (Å²) >= 11 is 0. The van der Waals surface area contributed by atoms with Crippen LogP contribution < -0.4 is 10.6 Å². The number of carbonyl (C=O) groups excluding carboxylic acids is 2. The molecule has 2 aliphatic rings. The zero-order chi connectivity index (χ0) is 23.4. The average molecular weight is 453 g/mol. The second kappa shape index (κ2) is 10.0. The summed E-state index contributed by atoms with van der Waals surface area (Å²) in [5.41, 5.74) is 4.32. The van der Waals surface area contributed by atoms with Crippen molar-refractivity contribution in [3.63, 3.8) is 0 Å². The number of hydrogen-bond donors (Lipinski definition) is 4. The Labute approximate surface area is 192 Å². The number of aliphatic hydroxyl groups is 1. The van der Waals surface area contributed by atoms with Gasteiger partial charge in [0.15, 0.2) is 0 Å². The Morgan fingerprint density at radius 1 is 1.00 bits per heavy atom. The number of aliphatic carboxylic acids is 1. The highest BCUT2D eigenvalue weighted by Gasteiger charge is 2.32. The summed E-state index contributed by atoms with van der Waals surface area (Å²) in [6, 6.07) is 14.5. The first-order valence-electron chi connectivity index (χ1n) is 11.2. The molecule has 8 nitrogen and oxygen atoms in total. The SMILES string of the molecule is O=C(O)CC(NC(=O)OCC1c2ccccc2-c2ccccc21)C(=O)NC1CCC(CO)C1. The molecule has 0 spiro atoms. The lowest BCUT2D eigenvalue weighted by Crippen LogP contribution is -2.50. The Bertz CT molecular complexity index is 994. The van der Waals surface area contributed by atoms with E-state index in [1.807, 2.05) is 48.5 Å². The molecular weight excluding hydrogens is 424 g/mol. The Hall–Kier alpha value is -3.39. The number of carbonyl (C=O) groups is 3. The molecule has 4 rings (SSSR count). The van der Waals surface area contributed by atoms with Crippen molar-refractivity contribution in [2.75, 3.05) is 13.2 Å². The van der Waals surface area contributed by atoms with E-state index in [1.165, 1.54) is 0 Å². The van der Waals surface area contributed by atoms with Crippen molar-refractivity contribution in [1.29, 1.82) is 0 Å². The van der Waals surface area contributed by atoms with Crippen molar-refractivity contribution in [3.8, 4) is 11.1 Å². The van der Waals surface area contributed by atoms with Crippen LogP contribution in [0.15, 0.2) is 48.5 Å². The third-order valence-corrected chi connectivity index (χ3v) is 6.48. The molecule has 1 saturated carbocycles. The molecule has 0 radical (unpaired) electrons. The smallest absolute Gasteiger partial charge is 0.407 e. The van der Waals surface area contributed by atoms with Gasteiger partial charge in [-0.1, -0.05) is 48.5 Å². The van der Waals surface area contributed by atoms with Crippen LogP contribution >= 0.6 is 0 Å². The summed E-state index contributed by atoms with van der Waals surface area (Å²) in [6.45, 7) is 0.130. The Morgan fingerprint density at radius 2 is 1.64 bits per heavy atom. The second-order valence-electron chi connectivity index (χ2n) is 8.69. The number of fused-ring (bicyclic) bond motifs is 3. The first kappa shape index (κ1) is 22.8. The molecule has 2 aromatic carbocycles. The number of hydrogen-bond acceptors (Lipinski definition) is 5. The topological polar surface area (TPSA) is 125 Å². The molecule has 2 aliphatic carbocycles. The van der Waals surface area contributed by atoms with E-state index in [1.54, 1.807) is 0 Å². The minimum atomic E-state index is -1.24. The number of alkyl carbamates (subject to hydrolysis) is 1. The number of ether oxygens (including phenoxy) is 1. The molecule has 0 aromatic heterocycles. The third-order valence-electron chi connectivity index (χ3n) is 6.48. The molecule has 2 aromatic rings. The van der Waals surface area contributed by atoms with E-state index in [2.05, 4.69) is 10.6 Å². The summed E-state index contributed by atoms with van der Waals surface area (Å²) in [6.07, 6.45) is 0.754. The molecule has 0 saturated heterocycles. The molecule has 33 heavy (non-hydrogen) atoms. The summed E-state index contributed by atoms with van der Waals surface area (Å²) in [5.74, 6) is -1.77. The Balaban J connectivity index is 1.38. The highest BCUT2D eigenvalue weighted by Crippen LogP contribution is 2.44. The van der Waals surface area contributed by atoms with E-state index in [4.69, 9.17) is 4.74 Å². The van der Waals surface area contributed by atoms with Crippen molar-refractivity contribution >= 4 is 18.0 Å². The number of carboxylic acid groups (broad SMARTS) is 1. The van der Waals surface area contributed by atoms with Crippen molar-refractivity contribution < 1.29 is 29.3 Å². The molecule has 8 heteroatoms. The van der Waals surface area contributed by atoms with Gasteiger partial charge in [-0.2, -0.15) is 0 Å². The maximum Gasteiger partial charge on any atom is 0.407 e. The molecule has 1 fully saturated rings. The quantitative estimate of drug-likeness (QED) is 0.488. The van der Waals surface area contributed by atoms with Crippen molar-refractivity contribution in [1.82, 2.24) is 10.6 Å². The first-order valence-corrected chi connectivity index (χ1v) is 11.2. The highest BCUT2D eigenvalue weighted by atomic mass is 16.5. The fourth-order valence-electron chi connectivity index (χ4n) is 4.84. The normalized spacial score (nSPS) is 19.9. The molecule has 3 atom stereocenters. The Kier molecular flexibility index (Phi) is 6.93. The van der Waals surface area contributed by atoms with E-state index < -0.39 is 30.4 Å². The minimum absolute atomic E-state index is 0.0585. The van der Waals surface area contributed by atoms with Crippen molar-refractivity contribution in [3.05, 3.63) is 59.7 Å². The first-order chi connectivity index (χ1) is 16.0. The van der Waals surface area contributed by atoms with Crippen LogP contribution in [0.3, 0.4) is 0 Å². The third kappa shape index (κ3) is 5.17. The minimum Gasteiger partial charge on any atom is -0.481 e. The Morgan fingerprint density at radius 3 is 2.21 bits per heavy atom. The van der Waals surface area contributed by atoms with E-state index in [0.717, 1.165) is 28.7 Å². The fraction of sp³-hybridized carbons (Fsp3) is 0.400. The molecule has 0 heterocycles. The summed E-state index contributed by atoms with van der Waals surface area (Å²) in [5, 5.41) is 23.7. The lowest BCUT2D eigenvalue weighted by atomic mass is 9.98. The zero-order valence-corrected chi connectivity index (χ0v) is 18.2. The van der Waals surface area contributed by atoms with Gasteiger partial charge in [0.2, 0.25) is 5.91 Å². The van der Waals surface area contributed by atoms with E-state index in [9.17, 15) is 24.6 Å². The van der Waals surface area contributed by atoms with Gasteiger partial charge in [0.25, 0.3) is 0 Å². The van der Waals surface area contributed by atoms with E-state index in [0.29, 0.717) is 12.8 Å². The molecule has 0 aliphatic heterocycles. The van der Waals surface area contributed by atoms with Gasteiger partial charge in [-0.05, 0) is 47.4 Å². The number of benzene rings is 2. The molecule has 4 N–H and O–H groups in total. The van der Waals surface area contributed by atoms with Crippen LogP contribution in [0.2, 0.25) is 0 Å². The van der Waals surface area contributed by atoms with Crippen molar-refractivity contribution in [2.24, 2.45) is 5.92 Å². The van der Waals surface area contributed by atoms with Gasteiger partial charge in [0, 0.05) is 18.6 Å². The van der Waals surface area contributed by atoms with Crippen molar-refractivity contribution in [2.45, 2.75) is 43.7 Å². The van der Waals surface area contributed by atoms with Gasteiger partial charge in [0.05, 0.1) is 6.42 Å². The number of amides is 2. The van der Waals surface area contributed by atoms with Gasteiger partial charge < -0.3 is 25.6 Å². The summed E-state index contributed by atoms with van der Waals surface area (Å²) in [7, 11) is 0. The standard InChI is InChI=1S/C25H28N2O6/c28-13-15-9-10-16(11-15)26-24(31)22(12-23(29)30)27-25(32)33-14-21-19-7-3-1-5-17(19)18-6-2-4-8-20(18)21/h1-8,15-16,21-22,28H,9-14H2,(H,26,31)(H,27,32)(H,29,30). The van der Waals surface area contributed by atoms with E-state index >= 15 is 0 Å². The monoisotopic (exact) mass is 452 g/mol. The predicted octanol–water partition coefficient (Wildman–Crippen LogP) is 2.65. The van der Waals surface area contributed by atoms with Gasteiger partial charge in [0.1, 0.15) is 12.6 Å². The number of rotatable bonds is 8. The second-order valence-corrected chi connectivity index (χ2v) is 8.69. The van der Waals surface area contributed by atoms with Crippen LogP contribution in [-0.4, -0.2) is 53.5 Å². The van der Waals surface area contributed by atoms with Gasteiger partial charge >= 0.3 is 12.1 Å². The molecule has 3 unspecified atom stereocenters. The van der Waals surface area contributed by atoms with Gasteiger partial charge in [-0.3, -0.25) is 9.59 Å². The maximum absolute atomic E-state index is 12.6. The number of carboxylic acids is 1. The average Bonchev–Trinajstić information content (AvgIpc) is 3.39. The van der Waals surface area contributed by atoms with Crippen LogP contribution in [0, 0.1) is 5.92 Å². The summed E-state index contributed by atoms with van der Waals surface area (Å²) < 4.78 is 5.45. The lowest BCUT2D eigenvalue weighted by Gasteiger charge is -2.21. The van der Waals surface area contributed by atoms with Crippen LogP contribution in [0.1, 0.15) is 42.7 Å². The maximum atomic E-state index is 12.6. The number of nitrogens with one attached hydrogen (secondary N) is 2. The van der Waals surface area contributed by atoms with Gasteiger partial charge in [-0.15, -0.1) is 0 Å². The van der Waals surface area contributed by atoms with Gasteiger partial charge in [-0.25, -0.2) is 4.79 Å². The van der Waals surface area contributed by atoms with Crippen LogP contribution in [0.25, 0.3) is 11.1 Å². The fourth-order valence-corrected chi connectivity index (χ4v) is 4.84. The lowest BCUT2D eigenvalue weighted by molar-refractivity contribution is -0.140. The molecule has 174 valence electrons. The number of aliphatic hydroxyl groups excluding tert-OH is 1. The molecule has 0 bridgehead atoms. The molecular formula is C25H28N2O6. The van der Waals surface area contributed by atoms with E-state index in [-0.39, 0.29) is 31.1 Å². The van der Waals surface area contributed by atoms with Crippen LogP contribution in [0.5, 0.6) is 0 Å². The molecule has 2 amide bonds.